The van der Waals surface area contributed by atoms with Gasteiger partial charge in [0.25, 0.3) is 10.0 Å². The molecule has 1 fully saturated rings. The molecule has 3 aromatic carbocycles. The van der Waals surface area contributed by atoms with Crippen molar-refractivity contribution >= 4 is 33.1 Å². The van der Waals surface area contributed by atoms with Crippen LogP contribution in [0.5, 0.6) is 0 Å². The number of aryl methyl sites for hydroxylation is 2. The number of nitrogens with zero attached hydrogens (tertiary/aromatic N) is 3. The Balaban J connectivity index is 1.51. The predicted octanol–water partition coefficient (Wildman–Crippen LogP) is 4.29. The van der Waals surface area contributed by atoms with Gasteiger partial charge in [0.1, 0.15) is 5.82 Å². The molecule has 0 atom stereocenters. The molecule has 0 saturated carbocycles. The Morgan fingerprint density at radius 2 is 1.66 bits per heavy atom. The molecule has 44 heavy (non-hydrogen) atoms. The first-order valence-electron chi connectivity index (χ1n) is 14.3. The normalized spacial score (nSPS) is 14.0. The second-order valence-electron chi connectivity index (χ2n) is 10.6. The van der Waals surface area contributed by atoms with Crippen molar-refractivity contribution in [3.05, 3.63) is 82.7 Å². The summed E-state index contributed by atoms with van der Waals surface area (Å²) in [6.07, 6.45) is -0.363. The molecule has 1 N–H and O–H groups in total. The average Bonchev–Trinajstić information content (AvgIpc) is 3.38. The summed E-state index contributed by atoms with van der Waals surface area (Å²) in [5.41, 5.74) is 6.07. The summed E-state index contributed by atoms with van der Waals surface area (Å²) >= 11 is 0. The maximum Gasteiger partial charge on any atom is 0.420 e. The van der Waals surface area contributed by atoms with Crippen molar-refractivity contribution in [3.63, 3.8) is 0 Å². The summed E-state index contributed by atoms with van der Waals surface area (Å²) in [4.78, 5) is 31.2. The van der Waals surface area contributed by atoms with Crippen LogP contribution in [-0.4, -0.2) is 75.5 Å². The Morgan fingerprint density at radius 3 is 2.32 bits per heavy atom. The topological polar surface area (TPSA) is 129 Å². The SMILES string of the molecule is CCc1nc2c(C)cc(C(=O)OC)cc2n1Cc1ccc(-c2cc(CN3CCOCC3)ccc2S(=O)(=O)NC(=O)OC)cc1. The van der Waals surface area contributed by atoms with Gasteiger partial charge in [-0.2, -0.15) is 0 Å². The third-order valence-electron chi connectivity index (χ3n) is 7.71. The predicted molar refractivity (Wildman–Crippen MR) is 165 cm³/mol. The fourth-order valence-electron chi connectivity index (χ4n) is 5.45. The molecule has 1 amide bonds. The van der Waals surface area contributed by atoms with Gasteiger partial charge in [-0.25, -0.2) is 27.7 Å². The average molecular weight is 621 g/mol. The summed E-state index contributed by atoms with van der Waals surface area (Å²) in [5.74, 6) is 0.473. The first-order chi connectivity index (χ1) is 21.1. The number of benzene rings is 3. The first-order valence-corrected chi connectivity index (χ1v) is 15.8. The Bertz CT molecular complexity index is 1790. The van der Waals surface area contributed by atoms with Crippen molar-refractivity contribution in [1.82, 2.24) is 19.2 Å². The Hall–Kier alpha value is -4.26. The number of rotatable bonds is 9. The monoisotopic (exact) mass is 620 g/mol. The fraction of sp³-hybridized carbons (Fsp3) is 0.344. The van der Waals surface area contributed by atoms with E-state index < -0.39 is 22.1 Å². The summed E-state index contributed by atoms with van der Waals surface area (Å²) < 4.78 is 45.4. The van der Waals surface area contributed by atoms with Crippen LogP contribution in [0.25, 0.3) is 22.2 Å². The maximum absolute atomic E-state index is 13.2. The minimum atomic E-state index is -4.21. The highest BCUT2D eigenvalue weighted by atomic mass is 32.2. The molecule has 1 aromatic heterocycles. The van der Waals surface area contributed by atoms with Gasteiger partial charge >= 0.3 is 12.1 Å². The number of fused-ring (bicyclic) bond motifs is 1. The van der Waals surface area contributed by atoms with Crippen molar-refractivity contribution < 1.29 is 32.2 Å². The lowest BCUT2D eigenvalue weighted by atomic mass is 10.0. The van der Waals surface area contributed by atoms with Gasteiger partial charge in [0.2, 0.25) is 0 Å². The second kappa shape index (κ2) is 13.2. The van der Waals surface area contributed by atoms with E-state index >= 15 is 0 Å². The zero-order chi connectivity index (χ0) is 31.4. The van der Waals surface area contributed by atoms with Crippen LogP contribution in [0.3, 0.4) is 0 Å². The van der Waals surface area contributed by atoms with E-state index in [2.05, 4.69) is 14.2 Å². The number of amides is 1. The number of carbonyl (C=O) groups is 2. The molecule has 2 heterocycles. The van der Waals surface area contributed by atoms with Crippen LogP contribution in [0.4, 0.5) is 4.79 Å². The van der Waals surface area contributed by atoms with Crippen LogP contribution >= 0.6 is 0 Å². The van der Waals surface area contributed by atoms with Crippen LogP contribution in [0.1, 0.15) is 39.8 Å². The van der Waals surface area contributed by atoms with E-state index in [0.717, 1.165) is 53.7 Å². The molecule has 12 heteroatoms. The lowest BCUT2D eigenvalue weighted by Gasteiger charge is -2.27. The van der Waals surface area contributed by atoms with E-state index in [1.165, 1.54) is 13.2 Å². The number of imidazole rings is 1. The third-order valence-corrected chi connectivity index (χ3v) is 9.08. The molecule has 0 spiro atoms. The Morgan fingerprint density at radius 1 is 0.955 bits per heavy atom. The summed E-state index contributed by atoms with van der Waals surface area (Å²) in [6.45, 7) is 7.98. The number of hydrogen-bond donors (Lipinski definition) is 1. The molecule has 1 saturated heterocycles. The fourth-order valence-corrected chi connectivity index (χ4v) is 6.58. The number of carbonyl (C=O) groups excluding carboxylic acids is 2. The highest BCUT2D eigenvalue weighted by molar-refractivity contribution is 7.90. The first kappa shape index (κ1) is 31.2. The van der Waals surface area contributed by atoms with E-state index in [1.807, 2.05) is 48.9 Å². The van der Waals surface area contributed by atoms with Crippen molar-refractivity contribution in [3.8, 4) is 11.1 Å². The highest BCUT2D eigenvalue weighted by Crippen LogP contribution is 2.31. The largest absolute Gasteiger partial charge is 0.465 e. The standard InChI is InChI=1S/C32H36N4O7S/c1-5-29-33-30-21(2)16-25(31(37)41-3)18-27(30)36(29)20-22-6-9-24(10-7-22)26-17-23(19-35-12-14-43-15-13-35)8-11-28(26)44(39,40)34-32(38)42-4/h6-11,16-18H,5,12-15,19-20H2,1-4H3,(H,34,38). The smallest absolute Gasteiger partial charge is 0.420 e. The molecule has 232 valence electrons. The molecule has 4 aromatic rings. The molecular weight excluding hydrogens is 584 g/mol. The summed E-state index contributed by atoms with van der Waals surface area (Å²) in [7, 11) is -1.74. The van der Waals surface area contributed by atoms with Gasteiger partial charge < -0.3 is 18.8 Å². The van der Waals surface area contributed by atoms with E-state index in [0.29, 0.717) is 49.4 Å². The van der Waals surface area contributed by atoms with Crippen LogP contribution in [0.15, 0.2) is 59.5 Å². The molecular formula is C32H36N4O7S. The van der Waals surface area contributed by atoms with Gasteiger partial charge in [-0.05, 0) is 53.4 Å². The number of hydrogen-bond acceptors (Lipinski definition) is 9. The number of morpholine rings is 1. The number of nitrogens with one attached hydrogen (secondary N) is 1. The zero-order valence-corrected chi connectivity index (χ0v) is 26.1. The lowest BCUT2D eigenvalue weighted by Crippen LogP contribution is -2.35. The Kier molecular flexibility index (Phi) is 9.33. The quantitative estimate of drug-likeness (QED) is 0.273. The van der Waals surface area contributed by atoms with Crippen LogP contribution in [0.2, 0.25) is 0 Å². The molecule has 5 rings (SSSR count). The van der Waals surface area contributed by atoms with E-state index in [4.69, 9.17) is 14.5 Å². The van der Waals surface area contributed by atoms with E-state index in [-0.39, 0.29) is 4.90 Å². The molecule has 1 aliphatic heterocycles. The number of methoxy groups -OCH3 is 2. The molecule has 0 aliphatic carbocycles. The van der Waals surface area contributed by atoms with Crippen molar-refractivity contribution in [2.24, 2.45) is 0 Å². The number of ether oxygens (including phenoxy) is 3. The van der Waals surface area contributed by atoms with Gasteiger partial charge in [0.15, 0.2) is 0 Å². The molecule has 1 aliphatic rings. The van der Waals surface area contributed by atoms with Gasteiger partial charge in [0, 0.05) is 38.2 Å². The van der Waals surface area contributed by atoms with Crippen molar-refractivity contribution in [2.75, 3.05) is 40.5 Å². The minimum absolute atomic E-state index is 0.0268. The second-order valence-corrected chi connectivity index (χ2v) is 12.3. The molecule has 0 unspecified atom stereocenters. The molecule has 0 bridgehead atoms. The van der Waals surface area contributed by atoms with Crippen LogP contribution in [-0.2, 0) is 43.7 Å². The highest BCUT2D eigenvalue weighted by Gasteiger charge is 2.24. The maximum atomic E-state index is 13.2. The number of sulfonamides is 1. The molecule has 11 nitrogen and oxygen atoms in total. The lowest BCUT2D eigenvalue weighted by molar-refractivity contribution is 0.0342. The van der Waals surface area contributed by atoms with Gasteiger partial charge in [-0.3, -0.25) is 4.90 Å². The zero-order valence-electron chi connectivity index (χ0n) is 25.3. The van der Waals surface area contributed by atoms with E-state index in [1.54, 1.807) is 18.2 Å². The van der Waals surface area contributed by atoms with Crippen LogP contribution < -0.4 is 4.72 Å². The van der Waals surface area contributed by atoms with Gasteiger partial charge in [-0.15, -0.1) is 0 Å². The third kappa shape index (κ3) is 6.62. The van der Waals surface area contributed by atoms with Gasteiger partial charge in [0.05, 0.1) is 48.9 Å². The van der Waals surface area contributed by atoms with E-state index in [9.17, 15) is 18.0 Å². The molecule has 0 radical (unpaired) electrons. The van der Waals surface area contributed by atoms with Crippen molar-refractivity contribution in [1.29, 1.82) is 0 Å². The summed E-state index contributed by atoms with van der Waals surface area (Å²) in [5, 5.41) is 0. The van der Waals surface area contributed by atoms with Crippen molar-refractivity contribution in [2.45, 2.75) is 38.3 Å². The minimum Gasteiger partial charge on any atom is -0.465 e. The number of aromatic nitrogens is 2. The number of esters is 1. The Labute approximate surface area is 256 Å². The van der Waals surface area contributed by atoms with Gasteiger partial charge in [-0.1, -0.05) is 37.3 Å². The summed E-state index contributed by atoms with van der Waals surface area (Å²) in [6, 6.07) is 16.4. The van der Waals surface area contributed by atoms with Crippen LogP contribution in [0, 0.1) is 6.92 Å².